The average Bonchev–Trinajstić information content (AvgIpc) is 3.55. The lowest BCUT2D eigenvalue weighted by Crippen LogP contribution is -2.61. The number of anilines is 9. The van der Waals surface area contributed by atoms with E-state index in [1.165, 1.54) is 101 Å². The van der Waals surface area contributed by atoms with E-state index in [0.29, 0.717) is 0 Å². The van der Waals surface area contributed by atoms with E-state index in [0.717, 1.165) is 17.1 Å². The maximum atomic E-state index is 2.61. The van der Waals surface area contributed by atoms with Gasteiger partial charge in [-0.25, -0.2) is 0 Å². The molecular formula is C68H72BN3. The first-order valence-electron chi connectivity index (χ1n) is 26.3. The lowest BCUT2D eigenvalue weighted by Gasteiger charge is -2.45. The summed E-state index contributed by atoms with van der Waals surface area (Å²) in [7, 11) is 0. The Morgan fingerprint density at radius 3 is 1.42 bits per heavy atom. The topological polar surface area (TPSA) is 9.72 Å². The lowest BCUT2D eigenvalue weighted by molar-refractivity contribution is 0.590. The summed E-state index contributed by atoms with van der Waals surface area (Å²) in [6.45, 7) is 34.8. The van der Waals surface area contributed by atoms with Crippen molar-refractivity contribution in [3.8, 4) is 11.1 Å². The van der Waals surface area contributed by atoms with Gasteiger partial charge in [0, 0.05) is 56.6 Å². The summed E-state index contributed by atoms with van der Waals surface area (Å²) in [5.41, 5.74) is 26.5. The fourth-order valence-electron chi connectivity index (χ4n) is 11.9. The van der Waals surface area contributed by atoms with E-state index in [4.69, 9.17) is 0 Å². The monoisotopic (exact) mass is 942 g/mol. The van der Waals surface area contributed by atoms with E-state index in [2.05, 4.69) is 282 Å². The van der Waals surface area contributed by atoms with Crippen LogP contribution in [0, 0.1) is 6.92 Å². The van der Waals surface area contributed by atoms with Crippen LogP contribution in [-0.4, -0.2) is 6.71 Å². The summed E-state index contributed by atoms with van der Waals surface area (Å²) < 4.78 is 0. The molecule has 0 atom stereocenters. The molecule has 4 heteroatoms. The van der Waals surface area contributed by atoms with Gasteiger partial charge in [-0.2, -0.15) is 0 Å². The minimum Gasteiger partial charge on any atom is -0.311 e. The van der Waals surface area contributed by atoms with Gasteiger partial charge in [-0.1, -0.05) is 182 Å². The smallest absolute Gasteiger partial charge is 0.252 e. The number of hydrogen-bond donors (Lipinski definition) is 0. The maximum absolute atomic E-state index is 2.61. The van der Waals surface area contributed by atoms with E-state index in [9.17, 15) is 0 Å². The lowest BCUT2D eigenvalue weighted by atomic mass is 9.33. The molecule has 0 fully saturated rings. The predicted molar refractivity (Wildman–Crippen MR) is 312 cm³/mol. The van der Waals surface area contributed by atoms with Crippen molar-refractivity contribution in [2.75, 3.05) is 14.7 Å². The van der Waals surface area contributed by atoms with Gasteiger partial charge in [0.1, 0.15) is 0 Å². The Kier molecular flexibility index (Phi) is 10.8. The second-order valence-corrected chi connectivity index (χ2v) is 25.7. The minimum absolute atomic E-state index is 0.0148. The number of fused-ring (bicyclic) bond motifs is 7. The largest absolute Gasteiger partial charge is 0.311 e. The van der Waals surface area contributed by atoms with Crippen LogP contribution >= 0.6 is 0 Å². The SMILES string of the molecule is Cc1cc2c3c(c1)N(c1ccc4c(c1)C(C)(C)c1ccccc1-4)c1cc(N(c4ccc(C(C)(C)C)cc4)c4ccc(C(C)(C)C)cc4)ccc1B3c1cc(C(C)(C)C)ccc1N2c1ccc(C(C)(C)C)cc1. The van der Waals surface area contributed by atoms with E-state index < -0.39 is 0 Å². The first-order chi connectivity index (χ1) is 33.9. The van der Waals surface area contributed by atoms with Gasteiger partial charge < -0.3 is 14.7 Å². The first kappa shape index (κ1) is 47.5. The Bertz CT molecular complexity index is 3360. The van der Waals surface area contributed by atoms with Crippen LogP contribution in [0.4, 0.5) is 51.2 Å². The van der Waals surface area contributed by atoms with E-state index in [-0.39, 0.29) is 33.8 Å². The zero-order chi connectivity index (χ0) is 51.0. The van der Waals surface area contributed by atoms with Crippen molar-refractivity contribution in [3.05, 3.63) is 203 Å². The van der Waals surface area contributed by atoms with Crippen molar-refractivity contribution < 1.29 is 0 Å². The van der Waals surface area contributed by atoms with Crippen LogP contribution in [0.3, 0.4) is 0 Å². The Labute approximate surface area is 431 Å². The summed E-state index contributed by atoms with van der Waals surface area (Å²) in [4.78, 5) is 7.64. The molecule has 3 nitrogen and oxygen atoms in total. The van der Waals surface area contributed by atoms with Crippen molar-refractivity contribution in [2.45, 2.75) is 131 Å². The molecule has 0 radical (unpaired) electrons. The van der Waals surface area contributed by atoms with Crippen molar-refractivity contribution in [2.24, 2.45) is 0 Å². The Hall–Kier alpha value is -6.78. The maximum Gasteiger partial charge on any atom is 0.252 e. The van der Waals surface area contributed by atoms with Gasteiger partial charge in [0.15, 0.2) is 0 Å². The Balaban J connectivity index is 1.19. The molecule has 1 aliphatic carbocycles. The quantitative estimate of drug-likeness (QED) is 0.159. The molecule has 3 aliphatic rings. The van der Waals surface area contributed by atoms with Crippen LogP contribution in [0.1, 0.15) is 136 Å². The van der Waals surface area contributed by atoms with Crippen LogP contribution < -0.4 is 31.1 Å². The molecule has 8 aromatic rings. The van der Waals surface area contributed by atoms with Gasteiger partial charge in [0.05, 0.1) is 0 Å². The molecule has 0 N–H and O–H groups in total. The summed E-state index contributed by atoms with van der Waals surface area (Å²) >= 11 is 0. The van der Waals surface area contributed by atoms with Crippen molar-refractivity contribution in [1.29, 1.82) is 0 Å². The van der Waals surface area contributed by atoms with E-state index >= 15 is 0 Å². The molecular weight excluding hydrogens is 870 g/mol. The fraction of sp³-hybridized carbons (Fsp3) is 0.294. The summed E-state index contributed by atoms with van der Waals surface area (Å²) in [5.74, 6) is 0. The van der Waals surface area contributed by atoms with Gasteiger partial charge in [-0.15, -0.1) is 0 Å². The first-order valence-corrected chi connectivity index (χ1v) is 26.3. The molecule has 0 saturated heterocycles. The molecule has 362 valence electrons. The molecule has 0 bridgehead atoms. The molecule has 0 spiro atoms. The molecule has 0 saturated carbocycles. The highest BCUT2D eigenvalue weighted by Gasteiger charge is 2.45. The third kappa shape index (κ3) is 7.79. The molecule has 11 rings (SSSR count). The molecule has 8 aromatic carbocycles. The molecule has 2 heterocycles. The number of hydrogen-bond acceptors (Lipinski definition) is 3. The normalized spacial score (nSPS) is 14.6. The highest BCUT2D eigenvalue weighted by molar-refractivity contribution is 7.00. The number of nitrogens with zero attached hydrogens (tertiary/aromatic N) is 3. The molecule has 0 amide bonds. The predicted octanol–water partition coefficient (Wildman–Crippen LogP) is 17.0. The molecule has 0 unspecified atom stereocenters. The highest BCUT2D eigenvalue weighted by atomic mass is 15.2. The van der Waals surface area contributed by atoms with Crippen LogP contribution in [0.2, 0.25) is 0 Å². The molecule has 2 aliphatic heterocycles. The van der Waals surface area contributed by atoms with Crippen LogP contribution in [0.15, 0.2) is 164 Å². The van der Waals surface area contributed by atoms with Crippen LogP contribution in [0.25, 0.3) is 11.1 Å². The Morgan fingerprint density at radius 2 is 0.861 bits per heavy atom. The standard InChI is InChI=1S/C68H72BN3/c1-43-38-61-63-62(39-43)72(51-33-35-54-53-18-16-17-19-55(53)68(14,15)56(54)41-51)60-42-52(70(48-27-20-44(21-28-48)64(2,3)4)49-29-22-45(23-30-49)65(5,6)7)34-36-57(60)69(63)58-40-47(67(11,12)13)26-37-59(58)71(61)50-31-24-46(25-32-50)66(8,9)10/h16-42H,1-15H3. The minimum atomic E-state index is -0.162. The van der Waals surface area contributed by atoms with Crippen molar-refractivity contribution in [3.63, 3.8) is 0 Å². The molecule has 0 aromatic heterocycles. The third-order valence-electron chi connectivity index (χ3n) is 16.1. The summed E-state index contributed by atoms with van der Waals surface area (Å²) in [5, 5.41) is 0. The van der Waals surface area contributed by atoms with Gasteiger partial charge in [0.25, 0.3) is 6.71 Å². The van der Waals surface area contributed by atoms with E-state index in [1.807, 2.05) is 0 Å². The molecule has 72 heavy (non-hydrogen) atoms. The van der Waals surface area contributed by atoms with Crippen LogP contribution in [-0.2, 0) is 27.1 Å². The highest BCUT2D eigenvalue weighted by Crippen LogP contribution is 2.52. The summed E-state index contributed by atoms with van der Waals surface area (Å²) in [6, 6.07) is 63.7. The number of rotatable bonds is 5. The van der Waals surface area contributed by atoms with Crippen LogP contribution in [0.5, 0.6) is 0 Å². The summed E-state index contributed by atoms with van der Waals surface area (Å²) in [6.07, 6.45) is 0. The van der Waals surface area contributed by atoms with E-state index in [1.54, 1.807) is 0 Å². The third-order valence-corrected chi connectivity index (χ3v) is 16.1. The number of aryl methyl sites for hydroxylation is 1. The fourth-order valence-corrected chi connectivity index (χ4v) is 11.9. The van der Waals surface area contributed by atoms with Gasteiger partial charge in [-0.05, 0) is 174 Å². The zero-order valence-corrected chi connectivity index (χ0v) is 45.5. The van der Waals surface area contributed by atoms with Crippen molar-refractivity contribution >= 4 is 74.3 Å². The second kappa shape index (κ2) is 16.4. The number of benzene rings is 8. The van der Waals surface area contributed by atoms with Gasteiger partial charge >= 0.3 is 0 Å². The second-order valence-electron chi connectivity index (χ2n) is 25.7. The van der Waals surface area contributed by atoms with Gasteiger partial charge in [-0.3, -0.25) is 0 Å². The Morgan fingerprint density at radius 1 is 0.389 bits per heavy atom. The van der Waals surface area contributed by atoms with Gasteiger partial charge in [0.2, 0.25) is 0 Å². The average molecular weight is 942 g/mol. The van der Waals surface area contributed by atoms with Crippen molar-refractivity contribution in [1.82, 2.24) is 0 Å². The zero-order valence-electron chi connectivity index (χ0n) is 45.5.